The van der Waals surface area contributed by atoms with Crippen LogP contribution in [0.2, 0.25) is 0 Å². The number of carboxylic acids is 1. The summed E-state index contributed by atoms with van der Waals surface area (Å²) >= 11 is 0. The van der Waals surface area contributed by atoms with Gasteiger partial charge in [0.25, 0.3) is 0 Å². The molecule has 0 radical (unpaired) electrons. The van der Waals surface area contributed by atoms with Crippen molar-refractivity contribution in [1.29, 1.82) is 0 Å². The molecule has 2 amide bonds. The predicted molar refractivity (Wildman–Crippen MR) is 81.3 cm³/mol. The number of urea groups is 1. The molecule has 0 saturated heterocycles. The lowest BCUT2D eigenvalue weighted by Gasteiger charge is -2.26. The average Bonchev–Trinajstić information content (AvgIpc) is 3.01. The quantitative estimate of drug-likeness (QED) is 0.787. The van der Waals surface area contributed by atoms with Crippen molar-refractivity contribution in [3.05, 3.63) is 23.8 Å². The number of fused-ring (bicyclic) bond motifs is 1. The van der Waals surface area contributed by atoms with Crippen molar-refractivity contribution >= 4 is 12.0 Å². The van der Waals surface area contributed by atoms with Crippen LogP contribution in [-0.4, -0.2) is 29.9 Å². The van der Waals surface area contributed by atoms with Gasteiger partial charge < -0.3 is 25.2 Å². The third-order valence-electron chi connectivity index (χ3n) is 4.30. The maximum Gasteiger partial charge on any atom is 0.315 e. The van der Waals surface area contributed by atoms with E-state index >= 15 is 0 Å². The molecular formula is C16H20N2O5. The van der Waals surface area contributed by atoms with Crippen LogP contribution in [0.15, 0.2) is 18.2 Å². The SMILES string of the molecule is O=C(NCc1ccc2c(c1)OCO2)NC1CCC(C(=O)O)CC1. The fraction of sp³-hybridized carbons (Fsp3) is 0.500. The molecule has 1 aliphatic carbocycles. The number of carbonyl (C=O) groups is 2. The highest BCUT2D eigenvalue weighted by Gasteiger charge is 2.26. The summed E-state index contributed by atoms with van der Waals surface area (Å²) in [7, 11) is 0. The van der Waals surface area contributed by atoms with Crippen molar-refractivity contribution in [1.82, 2.24) is 10.6 Å². The zero-order valence-corrected chi connectivity index (χ0v) is 12.7. The van der Waals surface area contributed by atoms with E-state index in [1.807, 2.05) is 18.2 Å². The molecule has 0 unspecified atom stereocenters. The molecule has 1 heterocycles. The Morgan fingerprint density at radius 2 is 1.87 bits per heavy atom. The lowest BCUT2D eigenvalue weighted by Crippen LogP contribution is -2.43. The Morgan fingerprint density at radius 3 is 2.61 bits per heavy atom. The van der Waals surface area contributed by atoms with Gasteiger partial charge in [0.05, 0.1) is 5.92 Å². The van der Waals surface area contributed by atoms with Crippen LogP contribution in [0.25, 0.3) is 0 Å². The molecule has 3 N–H and O–H groups in total. The van der Waals surface area contributed by atoms with Gasteiger partial charge in [-0.15, -0.1) is 0 Å². The first-order chi connectivity index (χ1) is 11.1. The second-order valence-electron chi connectivity index (χ2n) is 5.90. The summed E-state index contributed by atoms with van der Waals surface area (Å²) in [5, 5.41) is 14.7. The Hall–Kier alpha value is -2.44. The highest BCUT2D eigenvalue weighted by atomic mass is 16.7. The summed E-state index contributed by atoms with van der Waals surface area (Å²) < 4.78 is 10.5. The Kier molecular flexibility index (Phi) is 4.55. The van der Waals surface area contributed by atoms with E-state index in [1.54, 1.807) is 0 Å². The summed E-state index contributed by atoms with van der Waals surface area (Å²) in [5.41, 5.74) is 0.930. The number of hydrogen-bond acceptors (Lipinski definition) is 4. The van der Waals surface area contributed by atoms with Gasteiger partial charge in [-0.3, -0.25) is 4.79 Å². The average molecular weight is 320 g/mol. The summed E-state index contributed by atoms with van der Waals surface area (Å²) in [6.45, 7) is 0.624. The fourth-order valence-electron chi connectivity index (χ4n) is 2.95. The lowest BCUT2D eigenvalue weighted by atomic mass is 9.86. The Labute approximate surface area is 134 Å². The third kappa shape index (κ3) is 3.85. The standard InChI is InChI=1S/C16H20N2O5/c19-15(20)11-2-4-12(5-3-11)18-16(21)17-8-10-1-6-13-14(7-10)23-9-22-13/h1,6-7,11-12H,2-5,8-9H2,(H,19,20)(H2,17,18,21). The molecule has 23 heavy (non-hydrogen) atoms. The van der Waals surface area contributed by atoms with E-state index in [4.69, 9.17) is 14.6 Å². The molecule has 7 heteroatoms. The largest absolute Gasteiger partial charge is 0.481 e. The molecule has 3 rings (SSSR count). The summed E-state index contributed by atoms with van der Waals surface area (Å²) in [5.74, 6) is 0.394. The number of rotatable bonds is 4. The zero-order valence-electron chi connectivity index (χ0n) is 12.7. The second kappa shape index (κ2) is 6.76. The molecule has 1 fully saturated rings. The van der Waals surface area contributed by atoms with Gasteiger partial charge in [0.15, 0.2) is 11.5 Å². The Balaban J connectivity index is 1.42. The number of carboxylic acid groups (broad SMARTS) is 1. The lowest BCUT2D eigenvalue weighted by molar-refractivity contribution is -0.142. The molecular weight excluding hydrogens is 300 g/mol. The van der Waals surface area contributed by atoms with Crippen LogP contribution in [0, 0.1) is 5.92 Å². The van der Waals surface area contributed by atoms with Crippen LogP contribution in [0.4, 0.5) is 4.79 Å². The number of carbonyl (C=O) groups excluding carboxylic acids is 1. The molecule has 0 bridgehead atoms. The number of amides is 2. The first-order valence-corrected chi connectivity index (χ1v) is 7.77. The van der Waals surface area contributed by atoms with E-state index < -0.39 is 5.97 Å². The van der Waals surface area contributed by atoms with Crippen molar-refractivity contribution in [2.75, 3.05) is 6.79 Å². The van der Waals surface area contributed by atoms with Crippen LogP contribution >= 0.6 is 0 Å². The van der Waals surface area contributed by atoms with Crippen LogP contribution in [0.5, 0.6) is 11.5 Å². The van der Waals surface area contributed by atoms with Gasteiger partial charge in [0, 0.05) is 12.6 Å². The Bertz CT molecular complexity index is 596. The maximum atomic E-state index is 11.9. The second-order valence-corrected chi connectivity index (χ2v) is 5.90. The number of benzene rings is 1. The highest BCUT2D eigenvalue weighted by molar-refractivity contribution is 5.74. The molecule has 1 aliphatic heterocycles. The molecule has 0 aromatic heterocycles. The molecule has 7 nitrogen and oxygen atoms in total. The van der Waals surface area contributed by atoms with E-state index in [1.165, 1.54) is 0 Å². The van der Waals surface area contributed by atoms with Crippen LogP contribution in [-0.2, 0) is 11.3 Å². The van der Waals surface area contributed by atoms with Crippen molar-refractivity contribution in [3.8, 4) is 11.5 Å². The third-order valence-corrected chi connectivity index (χ3v) is 4.30. The van der Waals surface area contributed by atoms with Crippen LogP contribution in [0.3, 0.4) is 0 Å². The summed E-state index contributed by atoms with van der Waals surface area (Å²) in [4.78, 5) is 22.8. The number of nitrogens with one attached hydrogen (secondary N) is 2. The number of ether oxygens (including phenoxy) is 2. The minimum absolute atomic E-state index is 0.0438. The summed E-state index contributed by atoms with van der Waals surface area (Å²) in [6.07, 6.45) is 2.63. The van der Waals surface area contributed by atoms with E-state index in [0.717, 1.165) is 5.56 Å². The van der Waals surface area contributed by atoms with Crippen molar-refractivity contribution in [3.63, 3.8) is 0 Å². The molecule has 0 spiro atoms. The van der Waals surface area contributed by atoms with Crippen molar-refractivity contribution in [2.24, 2.45) is 5.92 Å². The van der Waals surface area contributed by atoms with E-state index in [2.05, 4.69) is 10.6 Å². The van der Waals surface area contributed by atoms with Gasteiger partial charge in [-0.1, -0.05) is 6.07 Å². The van der Waals surface area contributed by atoms with Gasteiger partial charge in [-0.05, 0) is 43.4 Å². The predicted octanol–water partition coefficient (Wildman–Crippen LogP) is 1.86. The van der Waals surface area contributed by atoms with Gasteiger partial charge in [-0.2, -0.15) is 0 Å². The molecule has 1 aromatic carbocycles. The number of aliphatic carboxylic acids is 1. The van der Waals surface area contributed by atoms with Crippen LogP contribution < -0.4 is 20.1 Å². The maximum absolute atomic E-state index is 11.9. The normalized spacial score (nSPS) is 22.4. The minimum atomic E-state index is -0.740. The number of hydrogen-bond donors (Lipinski definition) is 3. The van der Waals surface area contributed by atoms with Gasteiger partial charge in [0.2, 0.25) is 6.79 Å². The molecule has 124 valence electrons. The highest BCUT2D eigenvalue weighted by Crippen LogP contribution is 2.32. The zero-order chi connectivity index (χ0) is 16.2. The monoisotopic (exact) mass is 320 g/mol. The van der Waals surface area contributed by atoms with Crippen molar-refractivity contribution in [2.45, 2.75) is 38.3 Å². The molecule has 0 atom stereocenters. The van der Waals surface area contributed by atoms with Crippen LogP contribution in [0.1, 0.15) is 31.2 Å². The molecule has 1 saturated carbocycles. The first kappa shape index (κ1) is 15.5. The van der Waals surface area contributed by atoms with Crippen molar-refractivity contribution < 1.29 is 24.2 Å². The van der Waals surface area contributed by atoms with Gasteiger partial charge >= 0.3 is 12.0 Å². The Morgan fingerprint density at radius 1 is 1.13 bits per heavy atom. The minimum Gasteiger partial charge on any atom is -0.481 e. The topological polar surface area (TPSA) is 96.9 Å². The molecule has 1 aromatic rings. The smallest absolute Gasteiger partial charge is 0.315 e. The van der Waals surface area contributed by atoms with E-state index in [-0.39, 0.29) is 24.8 Å². The van der Waals surface area contributed by atoms with E-state index in [0.29, 0.717) is 43.7 Å². The molecule has 2 aliphatic rings. The van der Waals surface area contributed by atoms with E-state index in [9.17, 15) is 9.59 Å². The summed E-state index contributed by atoms with van der Waals surface area (Å²) in [6, 6.07) is 5.36. The van der Waals surface area contributed by atoms with Gasteiger partial charge in [-0.25, -0.2) is 4.79 Å². The fourth-order valence-corrected chi connectivity index (χ4v) is 2.95. The first-order valence-electron chi connectivity index (χ1n) is 7.77. The van der Waals surface area contributed by atoms with Gasteiger partial charge in [0.1, 0.15) is 0 Å².